The lowest BCUT2D eigenvalue weighted by Gasteiger charge is -2.09. The first-order chi connectivity index (χ1) is 8.15. The average Bonchev–Trinajstić information content (AvgIpc) is 2.83. The van der Waals surface area contributed by atoms with Crippen LogP contribution in [0.4, 0.5) is 0 Å². The molecule has 0 spiro atoms. The molecule has 3 rings (SSSR count). The van der Waals surface area contributed by atoms with Crippen molar-refractivity contribution in [3.63, 3.8) is 0 Å². The second-order valence-corrected chi connectivity index (χ2v) is 5.85. The molecule has 0 aliphatic heterocycles. The van der Waals surface area contributed by atoms with Crippen molar-refractivity contribution < 1.29 is 0 Å². The lowest BCUT2D eigenvalue weighted by atomic mass is 10.1. The Kier molecular flexibility index (Phi) is 2.71. The maximum Gasteiger partial charge on any atom is 0.112 e. The van der Waals surface area contributed by atoms with Gasteiger partial charge in [0.05, 0.1) is 11.0 Å². The predicted molar refractivity (Wildman–Crippen MR) is 73.0 cm³/mol. The second-order valence-electron chi connectivity index (χ2n) is 4.93. The predicted octanol–water partition coefficient (Wildman–Crippen LogP) is 2.93. The average molecular weight is 294 g/mol. The van der Waals surface area contributed by atoms with Crippen LogP contribution in [-0.4, -0.2) is 15.6 Å². The van der Waals surface area contributed by atoms with Crippen molar-refractivity contribution in [3.05, 3.63) is 28.5 Å². The van der Waals surface area contributed by atoms with Crippen molar-refractivity contribution in [3.8, 4) is 0 Å². The lowest BCUT2D eigenvalue weighted by molar-refractivity contribution is 0.621. The largest absolute Gasteiger partial charge is 0.331 e. The molecule has 4 heteroatoms. The van der Waals surface area contributed by atoms with Gasteiger partial charge in [-0.25, -0.2) is 4.98 Å². The number of benzene rings is 1. The molecule has 0 unspecified atom stereocenters. The van der Waals surface area contributed by atoms with Crippen molar-refractivity contribution in [2.24, 2.45) is 12.8 Å². The number of nitrogens with two attached hydrogens (primary N) is 1. The molecule has 17 heavy (non-hydrogen) atoms. The molecule has 0 saturated heterocycles. The minimum Gasteiger partial charge on any atom is -0.331 e. The van der Waals surface area contributed by atoms with Crippen LogP contribution < -0.4 is 5.73 Å². The third kappa shape index (κ3) is 1.89. The summed E-state index contributed by atoms with van der Waals surface area (Å²) in [6.45, 7) is 0. The van der Waals surface area contributed by atoms with E-state index in [0.717, 1.165) is 22.8 Å². The number of hydrogen-bond acceptors (Lipinski definition) is 2. The van der Waals surface area contributed by atoms with Gasteiger partial charge in [-0.1, -0.05) is 15.9 Å². The molecular weight excluding hydrogens is 278 g/mol. The molecule has 1 aliphatic carbocycles. The van der Waals surface area contributed by atoms with Crippen LogP contribution in [0.15, 0.2) is 22.7 Å². The number of nitrogens with zero attached hydrogens (tertiary/aromatic N) is 2. The first-order valence-corrected chi connectivity index (χ1v) is 6.82. The molecule has 0 amide bonds. The Hall–Kier alpha value is -0.870. The van der Waals surface area contributed by atoms with Gasteiger partial charge in [-0.15, -0.1) is 0 Å². The summed E-state index contributed by atoms with van der Waals surface area (Å²) in [5.41, 5.74) is 8.25. The third-order valence-corrected chi connectivity index (χ3v) is 4.21. The van der Waals surface area contributed by atoms with Crippen LogP contribution in [0, 0.1) is 0 Å². The SMILES string of the molecule is Cn1c([C@H]2CC[C@@H](N)C2)nc2cc(Br)ccc21. The molecule has 90 valence electrons. The highest BCUT2D eigenvalue weighted by molar-refractivity contribution is 9.10. The molecule has 1 aliphatic rings. The normalized spacial score (nSPS) is 24.6. The van der Waals surface area contributed by atoms with Crippen LogP contribution in [0.2, 0.25) is 0 Å². The van der Waals surface area contributed by atoms with Gasteiger partial charge in [0.15, 0.2) is 0 Å². The maximum atomic E-state index is 5.99. The smallest absolute Gasteiger partial charge is 0.112 e. The highest BCUT2D eigenvalue weighted by atomic mass is 79.9. The van der Waals surface area contributed by atoms with Gasteiger partial charge >= 0.3 is 0 Å². The molecule has 1 aromatic carbocycles. The Morgan fingerprint density at radius 2 is 2.24 bits per heavy atom. The molecule has 1 aromatic heterocycles. The topological polar surface area (TPSA) is 43.8 Å². The Morgan fingerprint density at radius 1 is 1.41 bits per heavy atom. The lowest BCUT2D eigenvalue weighted by Crippen LogP contribution is -2.15. The minimum absolute atomic E-state index is 0.353. The highest BCUT2D eigenvalue weighted by Crippen LogP contribution is 2.34. The Bertz CT molecular complexity index is 561. The molecule has 1 heterocycles. The Balaban J connectivity index is 2.08. The minimum atomic E-state index is 0.353. The fraction of sp³-hybridized carbons (Fsp3) is 0.462. The van der Waals surface area contributed by atoms with Gasteiger partial charge in [-0.05, 0) is 37.5 Å². The monoisotopic (exact) mass is 293 g/mol. The van der Waals surface area contributed by atoms with Crippen LogP contribution in [0.5, 0.6) is 0 Å². The summed E-state index contributed by atoms with van der Waals surface area (Å²) in [6.07, 6.45) is 3.36. The number of rotatable bonds is 1. The zero-order valence-electron chi connectivity index (χ0n) is 9.86. The number of fused-ring (bicyclic) bond motifs is 1. The quantitative estimate of drug-likeness (QED) is 0.879. The standard InChI is InChI=1S/C13H16BrN3/c1-17-12-5-3-9(14)7-11(12)16-13(17)8-2-4-10(15)6-8/h3,5,7-8,10H,2,4,6,15H2,1H3/t8-,10+/m0/s1. The van der Waals surface area contributed by atoms with Crippen molar-refractivity contribution in [1.82, 2.24) is 9.55 Å². The number of halogens is 1. The molecule has 0 bridgehead atoms. The Morgan fingerprint density at radius 3 is 2.94 bits per heavy atom. The molecule has 0 radical (unpaired) electrons. The van der Waals surface area contributed by atoms with Crippen LogP contribution >= 0.6 is 15.9 Å². The van der Waals surface area contributed by atoms with Crippen LogP contribution in [0.3, 0.4) is 0 Å². The van der Waals surface area contributed by atoms with Crippen molar-refractivity contribution in [2.75, 3.05) is 0 Å². The first kappa shape index (κ1) is 11.2. The first-order valence-electron chi connectivity index (χ1n) is 6.02. The third-order valence-electron chi connectivity index (χ3n) is 3.72. The van der Waals surface area contributed by atoms with Gasteiger partial charge in [0, 0.05) is 23.5 Å². The van der Waals surface area contributed by atoms with E-state index >= 15 is 0 Å². The fourth-order valence-electron chi connectivity index (χ4n) is 2.81. The summed E-state index contributed by atoms with van der Waals surface area (Å²) in [6, 6.07) is 6.61. The van der Waals surface area contributed by atoms with Gasteiger partial charge in [-0.3, -0.25) is 0 Å². The molecule has 2 N–H and O–H groups in total. The number of imidazole rings is 1. The van der Waals surface area contributed by atoms with Crippen LogP contribution in [0.1, 0.15) is 31.0 Å². The summed E-state index contributed by atoms with van der Waals surface area (Å²) >= 11 is 3.49. The van der Waals surface area contributed by atoms with Crippen molar-refractivity contribution in [2.45, 2.75) is 31.2 Å². The van der Waals surface area contributed by atoms with Gasteiger partial charge in [-0.2, -0.15) is 0 Å². The van der Waals surface area contributed by atoms with E-state index in [1.54, 1.807) is 0 Å². The zero-order valence-corrected chi connectivity index (χ0v) is 11.4. The molecule has 1 fully saturated rings. The van der Waals surface area contributed by atoms with E-state index in [9.17, 15) is 0 Å². The summed E-state index contributed by atoms with van der Waals surface area (Å²) in [4.78, 5) is 4.77. The summed E-state index contributed by atoms with van der Waals surface area (Å²) in [5, 5.41) is 0. The van der Waals surface area contributed by atoms with E-state index in [1.807, 2.05) is 0 Å². The Labute approximate surface area is 109 Å². The van der Waals surface area contributed by atoms with Crippen molar-refractivity contribution in [1.29, 1.82) is 0 Å². The number of hydrogen-bond donors (Lipinski definition) is 1. The summed E-state index contributed by atoms with van der Waals surface area (Å²) in [7, 11) is 2.10. The molecule has 2 atom stereocenters. The van der Waals surface area contributed by atoms with E-state index in [0.29, 0.717) is 12.0 Å². The van der Waals surface area contributed by atoms with Gasteiger partial charge in [0.25, 0.3) is 0 Å². The van der Waals surface area contributed by atoms with E-state index < -0.39 is 0 Å². The fourth-order valence-corrected chi connectivity index (χ4v) is 3.16. The summed E-state index contributed by atoms with van der Waals surface area (Å²) < 4.78 is 3.29. The zero-order chi connectivity index (χ0) is 12.0. The van der Waals surface area contributed by atoms with Gasteiger partial charge in [0.2, 0.25) is 0 Å². The second kappa shape index (κ2) is 4.10. The van der Waals surface area contributed by atoms with Gasteiger partial charge < -0.3 is 10.3 Å². The van der Waals surface area contributed by atoms with Crippen molar-refractivity contribution >= 4 is 27.0 Å². The van der Waals surface area contributed by atoms with E-state index in [1.165, 1.54) is 17.8 Å². The maximum absolute atomic E-state index is 5.99. The molecular formula is C13H16BrN3. The highest BCUT2D eigenvalue weighted by Gasteiger charge is 2.27. The van der Waals surface area contributed by atoms with E-state index in [-0.39, 0.29) is 0 Å². The molecule has 1 saturated carbocycles. The van der Waals surface area contributed by atoms with E-state index in [4.69, 9.17) is 10.7 Å². The number of aryl methyl sites for hydroxylation is 1. The summed E-state index contributed by atoms with van der Waals surface area (Å²) in [5.74, 6) is 1.72. The van der Waals surface area contributed by atoms with E-state index in [2.05, 4.69) is 45.7 Å². The van der Waals surface area contributed by atoms with Crippen LogP contribution in [0.25, 0.3) is 11.0 Å². The van der Waals surface area contributed by atoms with Crippen LogP contribution in [-0.2, 0) is 7.05 Å². The molecule has 3 nitrogen and oxygen atoms in total. The van der Waals surface area contributed by atoms with Gasteiger partial charge in [0.1, 0.15) is 5.82 Å². The number of aromatic nitrogens is 2. The molecule has 2 aromatic rings.